The molecule has 0 radical (unpaired) electrons. The third-order valence-corrected chi connectivity index (χ3v) is 2.25. The van der Waals surface area contributed by atoms with E-state index in [1.807, 2.05) is 6.92 Å². The van der Waals surface area contributed by atoms with Crippen LogP contribution in [-0.4, -0.2) is 30.1 Å². The summed E-state index contributed by atoms with van der Waals surface area (Å²) in [6, 6.07) is 1.66. The van der Waals surface area contributed by atoms with Crippen molar-refractivity contribution in [3.05, 3.63) is 23.0 Å². The van der Waals surface area contributed by atoms with Crippen molar-refractivity contribution >= 4 is 17.5 Å². The van der Waals surface area contributed by atoms with Crippen LogP contribution in [0.1, 0.15) is 17.4 Å². The topological polar surface area (TPSA) is 46.1 Å². The predicted octanol–water partition coefficient (Wildman–Crippen LogP) is 1.02. The van der Waals surface area contributed by atoms with Gasteiger partial charge in [0.05, 0.1) is 5.02 Å². The number of amides is 1. The molecule has 0 fully saturated rings. The van der Waals surface area contributed by atoms with E-state index in [0.717, 1.165) is 13.1 Å². The van der Waals surface area contributed by atoms with E-state index >= 15 is 0 Å². The van der Waals surface area contributed by atoms with Crippen LogP contribution in [0.5, 0.6) is 0 Å². The molecular formula is C10H16ClN3O. The molecule has 0 saturated heterocycles. The molecule has 5 heteroatoms. The van der Waals surface area contributed by atoms with Crippen molar-refractivity contribution in [1.29, 1.82) is 0 Å². The van der Waals surface area contributed by atoms with Crippen LogP contribution in [0.3, 0.4) is 0 Å². The van der Waals surface area contributed by atoms with Crippen molar-refractivity contribution < 1.29 is 4.79 Å². The summed E-state index contributed by atoms with van der Waals surface area (Å²) < 4.78 is 1.71. The molecule has 0 aliphatic rings. The van der Waals surface area contributed by atoms with E-state index in [2.05, 4.69) is 10.6 Å². The second kappa shape index (κ2) is 5.78. The fourth-order valence-electron chi connectivity index (χ4n) is 1.28. The number of hydrogen-bond donors (Lipinski definition) is 2. The van der Waals surface area contributed by atoms with Crippen LogP contribution in [-0.2, 0) is 7.05 Å². The summed E-state index contributed by atoms with van der Waals surface area (Å²) in [7, 11) is 1.80. The van der Waals surface area contributed by atoms with Crippen LogP contribution in [0.4, 0.5) is 0 Å². The SMILES string of the molecule is CCNCCNC(=O)c1cc(Cl)cn1C. The Labute approximate surface area is 94.6 Å². The quantitative estimate of drug-likeness (QED) is 0.741. The number of nitrogens with one attached hydrogen (secondary N) is 2. The molecule has 0 atom stereocenters. The molecule has 4 nitrogen and oxygen atoms in total. The van der Waals surface area contributed by atoms with Gasteiger partial charge in [-0.25, -0.2) is 0 Å². The molecule has 1 aromatic rings. The van der Waals surface area contributed by atoms with Crippen molar-refractivity contribution in [2.24, 2.45) is 7.05 Å². The number of aromatic nitrogens is 1. The van der Waals surface area contributed by atoms with E-state index in [4.69, 9.17) is 11.6 Å². The van der Waals surface area contributed by atoms with Gasteiger partial charge in [-0.05, 0) is 12.6 Å². The van der Waals surface area contributed by atoms with Crippen molar-refractivity contribution in [1.82, 2.24) is 15.2 Å². The molecule has 1 amide bonds. The Hall–Kier alpha value is -1.00. The van der Waals surface area contributed by atoms with Gasteiger partial charge in [0.2, 0.25) is 0 Å². The minimum atomic E-state index is -0.0951. The van der Waals surface area contributed by atoms with Crippen LogP contribution < -0.4 is 10.6 Å². The third-order valence-electron chi connectivity index (χ3n) is 2.04. The van der Waals surface area contributed by atoms with E-state index in [9.17, 15) is 4.79 Å². The number of likely N-dealkylation sites (N-methyl/N-ethyl adjacent to an activating group) is 1. The fourth-order valence-corrected chi connectivity index (χ4v) is 1.53. The molecular weight excluding hydrogens is 214 g/mol. The highest BCUT2D eigenvalue weighted by Gasteiger charge is 2.09. The van der Waals surface area contributed by atoms with Crippen LogP contribution in [0.15, 0.2) is 12.3 Å². The lowest BCUT2D eigenvalue weighted by atomic mass is 10.4. The van der Waals surface area contributed by atoms with Gasteiger partial charge in [0.15, 0.2) is 0 Å². The largest absolute Gasteiger partial charge is 0.349 e. The second-order valence-corrected chi connectivity index (χ2v) is 3.70. The number of halogens is 1. The van der Waals surface area contributed by atoms with Crippen LogP contribution in [0, 0.1) is 0 Å². The number of carbonyl (C=O) groups is 1. The summed E-state index contributed by atoms with van der Waals surface area (Å²) in [6.07, 6.45) is 1.71. The van der Waals surface area contributed by atoms with E-state index in [1.165, 1.54) is 0 Å². The Morgan fingerprint density at radius 3 is 2.80 bits per heavy atom. The molecule has 2 N–H and O–H groups in total. The highest BCUT2D eigenvalue weighted by atomic mass is 35.5. The minimum absolute atomic E-state index is 0.0951. The molecule has 0 aliphatic carbocycles. The molecule has 15 heavy (non-hydrogen) atoms. The molecule has 0 spiro atoms. The predicted molar refractivity (Wildman–Crippen MR) is 61.3 cm³/mol. The Morgan fingerprint density at radius 2 is 2.27 bits per heavy atom. The van der Waals surface area contributed by atoms with Gasteiger partial charge in [-0.2, -0.15) is 0 Å². The zero-order chi connectivity index (χ0) is 11.3. The summed E-state index contributed by atoms with van der Waals surface area (Å²) in [5.74, 6) is -0.0951. The third kappa shape index (κ3) is 3.57. The normalized spacial score (nSPS) is 10.3. The Balaban J connectivity index is 2.43. The Bertz CT molecular complexity index is 335. The highest BCUT2D eigenvalue weighted by Crippen LogP contribution is 2.12. The van der Waals surface area contributed by atoms with Crippen molar-refractivity contribution in [2.45, 2.75) is 6.92 Å². The summed E-state index contributed by atoms with van der Waals surface area (Å²) in [5, 5.41) is 6.51. The lowest BCUT2D eigenvalue weighted by molar-refractivity contribution is 0.0946. The zero-order valence-electron chi connectivity index (χ0n) is 9.01. The zero-order valence-corrected chi connectivity index (χ0v) is 9.77. The average molecular weight is 230 g/mol. The molecule has 0 bridgehead atoms. The van der Waals surface area contributed by atoms with Gasteiger partial charge in [-0.1, -0.05) is 18.5 Å². The van der Waals surface area contributed by atoms with Gasteiger partial charge in [0, 0.05) is 26.3 Å². The smallest absolute Gasteiger partial charge is 0.267 e. The van der Waals surface area contributed by atoms with Crippen molar-refractivity contribution in [3.63, 3.8) is 0 Å². The standard InChI is InChI=1S/C10H16ClN3O/c1-3-12-4-5-13-10(15)9-6-8(11)7-14(9)2/h6-7,12H,3-5H2,1-2H3,(H,13,15). The van der Waals surface area contributed by atoms with Gasteiger partial charge in [-0.3, -0.25) is 4.79 Å². The van der Waals surface area contributed by atoms with Crippen molar-refractivity contribution in [3.8, 4) is 0 Å². The lowest BCUT2D eigenvalue weighted by Gasteiger charge is -2.05. The number of aryl methyl sites for hydroxylation is 1. The maximum absolute atomic E-state index is 11.6. The number of carbonyl (C=O) groups excluding carboxylic acids is 1. The van der Waals surface area contributed by atoms with Gasteiger partial charge in [0.1, 0.15) is 5.69 Å². The van der Waals surface area contributed by atoms with Gasteiger partial charge < -0.3 is 15.2 Å². The molecule has 1 heterocycles. The molecule has 1 rings (SSSR count). The number of rotatable bonds is 5. The number of hydrogen-bond acceptors (Lipinski definition) is 2. The lowest BCUT2D eigenvalue weighted by Crippen LogP contribution is -2.32. The molecule has 0 unspecified atom stereocenters. The second-order valence-electron chi connectivity index (χ2n) is 3.26. The van der Waals surface area contributed by atoms with E-state index in [-0.39, 0.29) is 5.91 Å². The first-order valence-electron chi connectivity index (χ1n) is 4.96. The van der Waals surface area contributed by atoms with Crippen LogP contribution in [0.25, 0.3) is 0 Å². The fraction of sp³-hybridized carbons (Fsp3) is 0.500. The molecule has 1 aromatic heterocycles. The summed E-state index contributed by atoms with van der Waals surface area (Å²) >= 11 is 5.78. The molecule has 0 aliphatic heterocycles. The van der Waals surface area contributed by atoms with Crippen molar-refractivity contribution in [2.75, 3.05) is 19.6 Å². The van der Waals surface area contributed by atoms with Crippen LogP contribution >= 0.6 is 11.6 Å². The monoisotopic (exact) mass is 229 g/mol. The van der Waals surface area contributed by atoms with E-state index < -0.39 is 0 Å². The molecule has 0 aromatic carbocycles. The average Bonchev–Trinajstić information content (AvgIpc) is 2.52. The molecule has 84 valence electrons. The van der Waals surface area contributed by atoms with Gasteiger partial charge in [0.25, 0.3) is 5.91 Å². The highest BCUT2D eigenvalue weighted by molar-refractivity contribution is 6.31. The number of nitrogens with zero attached hydrogens (tertiary/aromatic N) is 1. The van der Waals surface area contributed by atoms with Gasteiger partial charge >= 0.3 is 0 Å². The first-order valence-corrected chi connectivity index (χ1v) is 5.33. The van der Waals surface area contributed by atoms with E-state index in [0.29, 0.717) is 17.3 Å². The first-order chi connectivity index (χ1) is 7.15. The Morgan fingerprint density at radius 1 is 1.53 bits per heavy atom. The Kier molecular flexibility index (Phi) is 4.65. The molecule has 0 saturated carbocycles. The summed E-state index contributed by atoms with van der Waals surface area (Å²) in [4.78, 5) is 11.6. The summed E-state index contributed by atoms with van der Waals surface area (Å²) in [5.41, 5.74) is 0.580. The summed E-state index contributed by atoms with van der Waals surface area (Å²) in [6.45, 7) is 4.33. The maximum Gasteiger partial charge on any atom is 0.267 e. The maximum atomic E-state index is 11.6. The minimum Gasteiger partial charge on any atom is -0.349 e. The first kappa shape index (κ1) is 12.1. The van der Waals surface area contributed by atoms with E-state index in [1.54, 1.807) is 23.9 Å². The van der Waals surface area contributed by atoms with Gasteiger partial charge in [-0.15, -0.1) is 0 Å². The van der Waals surface area contributed by atoms with Crippen LogP contribution in [0.2, 0.25) is 5.02 Å².